The molecule has 0 bridgehead atoms. The van der Waals surface area contributed by atoms with Gasteiger partial charge in [-0.05, 0) is 30.7 Å². The van der Waals surface area contributed by atoms with Gasteiger partial charge in [-0.25, -0.2) is 17.6 Å². The number of hydrogen-bond donors (Lipinski definition) is 0. The molecule has 27 heavy (non-hydrogen) atoms. The van der Waals surface area contributed by atoms with E-state index in [9.17, 15) is 17.6 Å². The van der Waals surface area contributed by atoms with Crippen molar-refractivity contribution in [3.05, 3.63) is 40.6 Å². The highest BCUT2D eigenvalue weighted by atomic mass is 32.2. The molecular formula is C17H21FN4O4S. The van der Waals surface area contributed by atoms with Gasteiger partial charge in [0, 0.05) is 37.8 Å². The lowest BCUT2D eigenvalue weighted by molar-refractivity contribution is 0.0795. The molecule has 3 heterocycles. The first-order chi connectivity index (χ1) is 12.9. The highest BCUT2D eigenvalue weighted by Crippen LogP contribution is 2.20. The first-order valence-electron chi connectivity index (χ1n) is 8.90. The van der Waals surface area contributed by atoms with Crippen LogP contribution < -0.4 is 5.76 Å². The Bertz CT molecular complexity index is 962. The van der Waals surface area contributed by atoms with Crippen LogP contribution in [-0.2, 0) is 16.5 Å². The van der Waals surface area contributed by atoms with Gasteiger partial charge in [-0.15, -0.1) is 5.10 Å². The summed E-state index contributed by atoms with van der Waals surface area (Å²) >= 11 is 0. The van der Waals surface area contributed by atoms with Crippen LogP contribution in [0.3, 0.4) is 0 Å². The molecule has 1 aromatic heterocycles. The number of halogens is 1. The summed E-state index contributed by atoms with van der Waals surface area (Å²) in [6.07, 6.45) is 0.701. The maximum atomic E-state index is 13.0. The van der Waals surface area contributed by atoms with Gasteiger partial charge in [0.15, 0.2) is 9.84 Å². The van der Waals surface area contributed by atoms with Gasteiger partial charge < -0.3 is 4.42 Å². The molecule has 1 atom stereocenters. The minimum Gasteiger partial charge on any atom is -0.388 e. The molecule has 0 radical (unpaired) electrons. The van der Waals surface area contributed by atoms with E-state index in [4.69, 9.17) is 4.42 Å². The summed E-state index contributed by atoms with van der Waals surface area (Å²) in [4.78, 5) is 16.4. The number of sulfone groups is 1. The fraction of sp³-hybridized carbons (Fsp3) is 0.529. The summed E-state index contributed by atoms with van der Waals surface area (Å²) in [7, 11) is -2.89. The van der Waals surface area contributed by atoms with Crippen LogP contribution in [0.15, 0.2) is 33.5 Å². The van der Waals surface area contributed by atoms with Crippen molar-refractivity contribution in [2.45, 2.75) is 19.1 Å². The number of hydrogen-bond acceptors (Lipinski definition) is 7. The molecule has 0 N–H and O–H groups in total. The van der Waals surface area contributed by atoms with Crippen LogP contribution >= 0.6 is 0 Å². The van der Waals surface area contributed by atoms with Crippen molar-refractivity contribution in [3.63, 3.8) is 0 Å². The molecule has 2 fully saturated rings. The minimum absolute atomic E-state index is 0.108. The third-order valence-electron chi connectivity index (χ3n) is 5.16. The predicted octanol–water partition coefficient (Wildman–Crippen LogP) is 0.405. The van der Waals surface area contributed by atoms with Crippen molar-refractivity contribution in [1.29, 1.82) is 0 Å². The maximum absolute atomic E-state index is 13.0. The molecule has 0 amide bonds. The predicted molar refractivity (Wildman–Crippen MR) is 96.4 cm³/mol. The van der Waals surface area contributed by atoms with Crippen molar-refractivity contribution in [2.24, 2.45) is 0 Å². The molecule has 2 aliphatic rings. The molecular weight excluding hydrogens is 375 g/mol. The Morgan fingerprint density at radius 3 is 2.48 bits per heavy atom. The number of aromatic nitrogens is 2. The Labute approximate surface area is 156 Å². The van der Waals surface area contributed by atoms with Crippen molar-refractivity contribution in [1.82, 2.24) is 19.6 Å². The van der Waals surface area contributed by atoms with Gasteiger partial charge in [-0.1, -0.05) is 0 Å². The topological polar surface area (TPSA) is 88.7 Å². The van der Waals surface area contributed by atoms with Crippen molar-refractivity contribution >= 4 is 9.84 Å². The summed E-state index contributed by atoms with van der Waals surface area (Å²) in [5, 5.41) is 4.20. The molecule has 2 aliphatic heterocycles. The number of nitrogens with zero attached hydrogens (tertiary/aromatic N) is 4. The number of rotatable bonds is 4. The first kappa shape index (κ1) is 18.3. The summed E-state index contributed by atoms with van der Waals surface area (Å²) in [5.41, 5.74) is 0.541. The molecule has 0 saturated carbocycles. The maximum Gasteiger partial charge on any atom is 0.438 e. The standard InChI is InChI=1S/C17H21FN4O4S/c18-14-3-1-13(2-4-14)16-19-22(17(23)26-16)12-20-6-8-21(9-7-20)15-5-10-27(24,25)11-15/h1-4,15H,5-12H2/t15-/m1/s1. The normalized spacial score (nSPS) is 23.7. The summed E-state index contributed by atoms with van der Waals surface area (Å²) < 4.78 is 42.8. The molecule has 10 heteroatoms. The third-order valence-corrected chi connectivity index (χ3v) is 6.91. The van der Waals surface area contributed by atoms with Gasteiger partial charge in [-0.2, -0.15) is 4.68 Å². The number of benzene rings is 1. The van der Waals surface area contributed by atoms with Crippen LogP contribution in [0.2, 0.25) is 0 Å². The second kappa shape index (κ2) is 7.17. The Kier molecular flexibility index (Phi) is 4.87. The van der Waals surface area contributed by atoms with E-state index in [0.717, 1.165) is 26.2 Å². The van der Waals surface area contributed by atoms with Crippen molar-refractivity contribution in [2.75, 3.05) is 37.7 Å². The van der Waals surface area contributed by atoms with E-state index in [1.54, 1.807) is 0 Å². The molecule has 146 valence electrons. The molecule has 0 aliphatic carbocycles. The quantitative estimate of drug-likeness (QED) is 0.739. The van der Waals surface area contributed by atoms with E-state index < -0.39 is 15.6 Å². The van der Waals surface area contributed by atoms with E-state index in [2.05, 4.69) is 14.9 Å². The fourth-order valence-corrected chi connectivity index (χ4v) is 5.39. The molecule has 4 rings (SSSR count). The smallest absolute Gasteiger partial charge is 0.388 e. The monoisotopic (exact) mass is 396 g/mol. The summed E-state index contributed by atoms with van der Waals surface area (Å²) in [6.45, 7) is 3.28. The molecule has 2 saturated heterocycles. The SMILES string of the molecule is O=c1oc(-c2ccc(F)cc2)nn1CN1CCN([C@@H]2CCS(=O)(=O)C2)CC1. The van der Waals surface area contributed by atoms with E-state index in [-0.39, 0.29) is 29.3 Å². The van der Waals surface area contributed by atoms with Gasteiger partial charge in [-0.3, -0.25) is 9.80 Å². The van der Waals surface area contributed by atoms with Gasteiger partial charge in [0.2, 0.25) is 5.89 Å². The largest absolute Gasteiger partial charge is 0.438 e. The molecule has 2 aromatic rings. The molecule has 0 unspecified atom stereocenters. The van der Waals surface area contributed by atoms with Crippen molar-refractivity contribution in [3.8, 4) is 11.5 Å². The average molecular weight is 396 g/mol. The van der Waals surface area contributed by atoms with Gasteiger partial charge in [0.05, 0.1) is 11.5 Å². The molecule has 0 spiro atoms. The van der Waals surface area contributed by atoms with E-state index in [1.807, 2.05) is 0 Å². The Morgan fingerprint density at radius 2 is 1.85 bits per heavy atom. The summed E-state index contributed by atoms with van der Waals surface area (Å²) in [5.74, 6) is -0.239. The Balaban J connectivity index is 1.37. The van der Waals surface area contributed by atoms with Gasteiger partial charge >= 0.3 is 5.76 Å². The van der Waals surface area contributed by atoms with Gasteiger partial charge in [0.25, 0.3) is 0 Å². The third kappa shape index (κ3) is 4.12. The first-order valence-corrected chi connectivity index (χ1v) is 10.7. The average Bonchev–Trinajstić information content (AvgIpc) is 3.19. The summed E-state index contributed by atoms with van der Waals surface area (Å²) in [6, 6.07) is 5.71. The zero-order valence-corrected chi connectivity index (χ0v) is 15.6. The fourth-order valence-electron chi connectivity index (χ4n) is 3.63. The highest BCUT2D eigenvalue weighted by molar-refractivity contribution is 7.91. The minimum atomic E-state index is -2.89. The van der Waals surface area contributed by atoms with Crippen LogP contribution in [0.4, 0.5) is 4.39 Å². The highest BCUT2D eigenvalue weighted by Gasteiger charge is 2.33. The Hall–Kier alpha value is -2.04. The van der Waals surface area contributed by atoms with E-state index >= 15 is 0 Å². The van der Waals surface area contributed by atoms with Crippen LogP contribution in [0.25, 0.3) is 11.5 Å². The Morgan fingerprint density at radius 1 is 1.15 bits per heavy atom. The van der Waals surface area contributed by atoms with Crippen LogP contribution in [0, 0.1) is 5.82 Å². The van der Waals surface area contributed by atoms with E-state index in [1.165, 1.54) is 28.9 Å². The lowest BCUT2D eigenvalue weighted by Crippen LogP contribution is -2.51. The van der Waals surface area contributed by atoms with E-state index in [0.29, 0.717) is 18.7 Å². The van der Waals surface area contributed by atoms with Crippen LogP contribution in [0.1, 0.15) is 6.42 Å². The second-order valence-corrected chi connectivity index (χ2v) is 9.26. The second-order valence-electron chi connectivity index (χ2n) is 7.03. The zero-order chi connectivity index (χ0) is 19.0. The lowest BCUT2D eigenvalue weighted by Gasteiger charge is -2.37. The molecule has 8 nitrogen and oxygen atoms in total. The van der Waals surface area contributed by atoms with Crippen LogP contribution in [-0.4, -0.2) is 71.7 Å². The molecule has 1 aromatic carbocycles. The van der Waals surface area contributed by atoms with Gasteiger partial charge in [0.1, 0.15) is 12.5 Å². The lowest BCUT2D eigenvalue weighted by atomic mass is 10.2. The van der Waals surface area contributed by atoms with Crippen LogP contribution in [0.5, 0.6) is 0 Å². The van der Waals surface area contributed by atoms with Crippen molar-refractivity contribution < 1.29 is 17.2 Å². The number of piperazine rings is 1. The zero-order valence-electron chi connectivity index (χ0n) is 14.8.